The molecule has 0 saturated heterocycles. The van der Waals surface area contributed by atoms with Crippen molar-refractivity contribution in [3.05, 3.63) is 50.7 Å². The van der Waals surface area contributed by atoms with E-state index in [-0.39, 0.29) is 6.04 Å². The van der Waals surface area contributed by atoms with Crippen molar-refractivity contribution in [2.75, 3.05) is 0 Å². The molecule has 0 aliphatic rings. The summed E-state index contributed by atoms with van der Waals surface area (Å²) in [5.74, 6) is 1.05. The van der Waals surface area contributed by atoms with Gasteiger partial charge in [-0.2, -0.15) is 0 Å². The molecular weight excluding hydrogens is 351 g/mol. The van der Waals surface area contributed by atoms with Crippen molar-refractivity contribution >= 4 is 39.1 Å². The minimum Gasteiger partial charge on any atom is -0.454 e. The van der Waals surface area contributed by atoms with Gasteiger partial charge in [0, 0.05) is 16.6 Å². The summed E-state index contributed by atoms with van der Waals surface area (Å²) in [7, 11) is 0. The van der Waals surface area contributed by atoms with E-state index in [1.807, 2.05) is 13.0 Å². The van der Waals surface area contributed by atoms with Gasteiger partial charge in [0.05, 0.1) is 21.9 Å². The van der Waals surface area contributed by atoms with Crippen LogP contribution in [0.1, 0.15) is 18.7 Å². The van der Waals surface area contributed by atoms with Crippen LogP contribution >= 0.6 is 39.1 Å². The summed E-state index contributed by atoms with van der Waals surface area (Å²) in [5, 5.41) is 0.993. The Labute approximate surface area is 129 Å². The van der Waals surface area contributed by atoms with Crippen molar-refractivity contribution in [2.45, 2.75) is 13.0 Å². The highest BCUT2D eigenvalue weighted by Crippen LogP contribution is 2.36. The van der Waals surface area contributed by atoms with E-state index in [0.29, 0.717) is 21.5 Å². The highest BCUT2D eigenvalue weighted by Gasteiger charge is 2.08. The second-order valence-electron chi connectivity index (χ2n) is 4.01. The number of aromatic nitrogens is 1. The molecule has 0 radical (unpaired) electrons. The summed E-state index contributed by atoms with van der Waals surface area (Å²) in [6.45, 7) is 1.87. The Bertz CT molecular complexity index is 588. The van der Waals surface area contributed by atoms with Crippen LogP contribution in [-0.2, 0) is 0 Å². The topological polar surface area (TPSA) is 48.1 Å². The van der Waals surface area contributed by atoms with Gasteiger partial charge in [-0.25, -0.2) is 0 Å². The molecule has 0 saturated carbocycles. The summed E-state index contributed by atoms with van der Waals surface area (Å²) >= 11 is 15.4. The van der Waals surface area contributed by atoms with Gasteiger partial charge in [-0.15, -0.1) is 0 Å². The van der Waals surface area contributed by atoms with E-state index in [0.717, 1.165) is 10.2 Å². The molecule has 0 spiro atoms. The monoisotopic (exact) mass is 360 g/mol. The molecule has 2 rings (SSSR count). The van der Waals surface area contributed by atoms with Crippen molar-refractivity contribution in [1.82, 2.24) is 4.98 Å². The lowest BCUT2D eigenvalue weighted by Crippen LogP contribution is -2.06. The van der Waals surface area contributed by atoms with E-state index in [9.17, 15) is 0 Å². The standard InChI is InChI=1S/C13H11BrCl2N2O/c1-7(17)12-3-2-8(6-18-12)19-13-5-10(15)9(14)4-11(13)16/h2-7H,17H2,1H3/t7-/m0/s1. The maximum Gasteiger partial charge on any atom is 0.147 e. The molecule has 1 aromatic heterocycles. The SMILES string of the molecule is C[C@H](N)c1ccc(Oc2cc(Cl)c(Br)cc2Cl)cn1. The molecule has 2 N–H and O–H groups in total. The molecule has 2 aromatic rings. The molecule has 6 heteroatoms. The first-order valence-corrected chi connectivity index (χ1v) is 7.06. The summed E-state index contributed by atoms with van der Waals surface area (Å²) in [6, 6.07) is 6.82. The summed E-state index contributed by atoms with van der Waals surface area (Å²) in [6.07, 6.45) is 1.60. The Kier molecular flexibility index (Phi) is 4.68. The Balaban J connectivity index is 2.24. The average molecular weight is 362 g/mol. The van der Waals surface area contributed by atoms with Crippen LogP contribution in [0.3, 0.4) is 0 Å². The lowest BCUT2D eigenvalue weighted by atomic mass is 10.2. The zero-order valence-electron chi connectivity index (χ0n) is 10.0. The van der Waals surface area contributed by atoms with E-state index < -0.39 is 0 Å². The first-order chi connectivity index (χ1) is 8.97. The summed E-state index contributed by atoms with van der Waals surface area (Å²) in [4.78, 5) is 4.21. The van der Waals surface area contributed by atoms with E-state index in [4.69, 9.17) is 33.7 Å². The van der Waals surface area contributed by atoms with Crippen LogP contribution in [0.2, 0.25) is 10.0 Å². The van der Waals surface area contributed by atoms with Crippen LogP contribution in [0, 0.1) is 0 Å². The number of halogens is 3. The number of ether oxygens (including phenoxy) is 1. The first-order valence-electron chi connectivity index (χ1n) is 5.51. The Hall–Kier alpha value is -0.810. The predicted molar refractivity (Wildman–Crippen MR) is 81.1 cm³/mol. The van der Waals surface area contributed by atoms with E-state index in [2.05, 4.69) is 20.9 Å². The van der Waals surface area contributed by atoms with Crippen LogP contribution in [-0.4, -0.2) is 4.98 Å². The first kappa shape index (κ1) is 14.6. The molecule has 1 heterocycles. The third kappa shape index (κ3) is 3.60. The maximum atomic E-state index is 6.08. The number of nitrogens with two attached hydrogens (primary N) is 1. The third-order valence-corrected chi connectivity index (χ3v) is 3.92. The molecule has 0 amide bonds. The van der Waals surface area contributed by atoms with Crippen LogP contribution in [0.4, 0.5) is 0 Å². The van der Waals surface area contributed by atoms with Gasteiger partial charge in [0.1, 0.15) is 11.5 Å². The average Bonchev–Trinajstić information content (AvgIpc) is 2.36. The quantitative estimate of drug-likeness (QED) is 0.785. The van der Waals surface area contributed by atoms with Gasteiger partial charge in [0.25, 0.3) is 0 Å². The minimum atomic E-state index is -0.111. The number of hydrogen-bond donors (Lipinski definition) is 1. The van der Waals surface area contributed by atoms with E-state index in [1.165, 1.54) is 0 Å². The number of benzene rings is 1. The molecule has 3 nitrogen and oxygen atoms in total. The van der Waals surface area contributed by atoms with Gasteiger partial charge in [-0.05, 0) is 41.1 Å². The van der Waals surface area contributed by atoms with Gasteiger partial charge in [0.15, 0.2) is 0 Å². The van der Waals surface area contributed by atoms with Crippen LogP contribution < -0.4 is 10.5 Å². The van der Waals surface area contributed by atoms with Gasteiger partial charge in [-0.1, -0.05) is 23.2 Å². The van der Waals surface area contributed by atoms with Crippen molar-refractivity contribution in [1.29, 1.82) is 0 Å². The van der Waals surface area contributed by atoms with Crippen molar-refractivity contribution in [3.63, 3.8) is 0 Å². The summed E-state index contributed by atoms with van der Waals surface area (Å²) in [5.41, 5.74) is 6.53. The highest BCUT2D eigenvalue weighted by molar-refractivity contribution is 9.10. The Morgan fingerprint density at radius 2 is 2.00 bits per heavy atom. The fourth-order valence-corrected chi connectivity index (χ4v) is 2.26. The van der Waals surface area contributed by atoms with Gasteiger partial charge in [-0.3, -0.25) is 4.98 Å². The molecule has 0 aliphatic heterocycles. The number of hydrogen-bond acceptors (Lipinski definition) is 3. The van der Waals surface area contributed by atoms with Crippen molar-refractivity contribution < 1.29 is 4.74 Å². The molecule has 100 valence electrons. The van der Waals surface area contributed by atoms with Gasteiger partial charge >= 0.3 is 0 Å². The number of nitrogens with zero attached hydrogens (tertiary/aromatic N) is 1. The molecular formula is C13H11BrCl2N2O. The van der Waals surface area contributed by atoms with Crippen LogP contribution in [0.15, 0.2) is 34.9 Å². The van der Waals surface area contributed by atoms with Gasteiger partial charge in [0.2, 0.25) is 0 Å². The van der Waals surface area contributed by atoms with Crippen molar-refractivity contribution in [3.8, 4) is 11.5 Å². The van der Waals surface area contributed by atoms with Crippen LogP contribution in [0.25, 0.3) is 0 Å². The van der Waals surface area contributed by atoms with E-state index in [1.54, 1.807) is 24.4 Å². The largest absolute Gasteiger partial charge is 0.454 e. The number of pyridine rings is 1. The predicted octanol–water partition coefficient (Wildman–Crippen LogP) is 4.96. The van der Waals surface area contributed by atoms with E-state index >= 15 is 0 Å². The molecule has 1 aromatic carbocycles. The lowest BCUT2D eigenvalue weighted by molar-refractivity contribution is 0.479. The Morgan fingerprint density at radius 1 is 1.26 bits per heavy atom. The lowest BCUT2D eigenvalue weighted by Gasteiger charge is -2.10. The van der Waals surface area contributed by atoms with Crippen LogP contribution in [0.5, 0.6) is 11.5 Å². The normalized spacial score (nSPS) is 12.3. The Morgan fingerprint density at radius 3 is 2.58 bits per heavy atom. The number of rotatable bonds is 3. The molecule has 0 unspecified atom stereocenters. The smallest absolute Gasteiger partial charge is 0.147 e. The molecule has 0 fully saturated rings. The van der Waals surface area contributed by atoms with Gasteiger partial charge < -0.3 is 10.5 Å². The molecule has 1 atom stereocenters. The second-order valence-corrected chi connectivity index (χ2v) is 5.67. The molecule has 0 bridgehead atoms. The highest BCUT2D eigenvalue weighted by atomic mass is 79.9. The molecule has 19 heavy (non-hydrogen) atoms. The fourth-order valence-electron chi connectivity index (χ4n) is 1.43. The third-order valence-electron chi connectivity index (χ3n) is 2.43. The zero-order valence-corrected chi connectivity index (χ0v) is 13.1. The fraction of sp³-hybridized carbons (Fsp3) is 0.154. The second kappa shape index (κ2) is 6.09. The maximum absolute atomic E-state index is 6.08. The zero-order chi connectivity index (χ0) is 14.0. The molecule has 0 aliphatic carbocycles. The summed E-state index contributed by atoms with van der Waals surface area (Å²) < 4.78 is 6.36. The van der Waals surface area contributed by atoms with Crippen molar-refractivity contribution in [2.24, 2.45) is 5.73 Å². The minimum absolute atomic E-state index is 0.111.